The maximum atomic E-state index is 12.3. The Labute approximate surface area is 132 Å². The molecule has 7 heteroatoms. The zero-order valence-corrected chi connectivity index (χ0v) is 13.4. The molecular weight excluding hydrogens is 298 g/mol. The summed E-state index contributed by atoms with van der Waals surface area (Å²) in [6.45, 7) is 7.68. The Morgan fingerprint density at radius 1 is 1.55 bits per heavy atom. The van der Waals surface area contributed by atoms with E-state index in [-0.39, 0.29) is 0 Å². The van der Waals surface area contributed by atoms with E-state index in [1.165, 1.54) is 6.33 Å². The number of nitrogen functional groups attached to an aromatic ring is 1. The number of rotatable bonds is 6. The van der Waals surface area contributed by atoms with Gasteiger partial charge in [-0.2, -0.15) is 5.10 Å². The topological polar surface area (TPSA) is 85.3 Å². The lowest BCUT2D eigenvalue weighted by Gasteiger charge is -2.09. The summed E-state index contributed by atoms with van der Waals surface area (Å²) in [5.74, 6) is 1.32. The number of nitrogens with two attached hydrogens (primary N) is 1. The maximum Gasteiger partial charge on any atom is 0.165 e. The SMILES string of the molecule is C=C/C(CS(=O)Nc1ncnn2c(N)ccc12)=C(C)\C=C/C. The lowest BCUT2D eigenvalue weighted by atomic mass is 10.1. The zero-order chi connectivity index (χ0) is 16.1. The molecule has 0 aliphatic carbocycles. The number of anilines is 2. The number of nitrogens with zero attached hydrogens (tertiary/aromatic N) is 3. The van der Waals surface area contributed by atoms with Gasteiger partial charge in [-0.15, -0.1) is 0 Å². The van der Waals surface area contributed by atoms with Crippen molar-refractivity contribution in [1.29, 1.82) is 0 Å². The van der Waals surface area contributed by atoms with Crippen LogP contribution in [0, 0.1) is 0 Å². The van der Waals surface area contributed by atoms with Gasteiger partial charge in [-0.3, -0.25) is 4.72 Å². The Hall–Kier alpha value is -2.41. The molecule has 0 aromatic carbocycles. The summed E-state index contributed by atoms with van der Waals surface area (Å²) < 4.78 is 16.8. The smallest absolute Gasteiger partial charge is 0.165 e. The highest BCUT2D eigenvalue weighted by Crippen LogP contribution is 2.18. The molecule has 2 aromatic heterocycles. The average molecular weight is 317 g/mol. The normalized spacial score (nSPS) is 14.1. The Morgan fingerprint density at radius 2 is 2.32 bits per heavy atom. The molecule has 2 aromatic rings. The maximum absolute atomic E-state index is 12.3. The Morgan fingerprint density at radius 3 is 3.00 bits per heavy atom. The summed E-state index contributed by atoms with van der Waals surface area (Å²) in [6.07, 6.45) is 7.00. The van der Waals surface area contributed by atoms with Crippen molar-refractivity contribution in [3.8, 4) is 0 Å². The molecule has 2 rings (SSSR count). The minimum atomic E-state index is -1.33. The first-order valence-electron chi connectivity index (χ1n) is 6.75. The molecule has 2 heterocycles. The average Bonchev–Trinajstić information content (AvgIpc) is 2.88. The molecule has 0 aliphatic heterocycles. The van der Waals surface area contributed by atoms with Crippen LogP contribution in [0.5, 0.6) is 0 Å². The fourth-order valence-corrected chi connectivity index (χ4v) is 3.08. The molecule has 22 heavy (non-hydrogen) atoms. The van der Waals surface area contributed by atoms with Crippen molar-refractivity contribution < 1.29 is 4.21 Å². The van der Waals surface area contributed by atoms with Crippen molar-refractivity contribution in [1.82, 2.24) is 14.6 Å². The van der Waals surface area contributed by atoms with Crippen LogP contribution in [0.4, 0.5) is 11.6 Å². The van der Waals surface area contributed by atoms with Gasteiger partial charge in [0, 0.05) is 0 Å². The molecule has 1 unspecified atom stereocenters. The van der Waals surface area contributed by atoms with Gasteiger partial charge in [-0.05, 0) is 37.1 Å². The number of nitrogens with one attached hydrogen (secondary N) is 1. The molecule has 0 spiro atoms. The first-order valence-corrected chi connectivity index (χ1v) is 8.06. The van der Waals surface area contributed by atoms with E-state index in [4.69, 9.17) is 5.73 Å². The molecule has 0 radical (unpaired) electrons. The van der Waals surface area contributed by atoms with Crippen LogP contribution >= 0.6 is 0 Å². The number of hydrogen-bond donors (Lipinski definition) is 2. The Kier molecular flexibility index (Phi) is 5.11. The van der Waals surface area contributed by atoms with E-state index in [9.17, 15) is 4.21 Å². The molecule has 0 saturated heterocycles. The predicted molar refractivity (Wildman–Crippen MR) is 91.7 cm³/mol. The van der Waals surface area contributed by atoms with Crippen LogP contribution in [-0.4, -0.2) is 24.6 Å². The molecule has 0 saturated carbocycles. The van der Waals surface area contributed by atoms with Crippen LogP contribution in [0.1, 0.15) is 13.8 Å². The summed E-state index contributed by atoms with van der Waals surface area (Å²) in [7, 11) is -1.33. The van der Waals surface area contributed by atoms with Crippen LogP contribution < -0.4 is 10.5 Å². The fourth-order valence-electron chi connectivity index (χ4n) is 2.01. The number of hydrogen-bond acceptors (Lipinski definition) is 4. The highest BCUT2D eigenvalue weighted by atomic mass is 32.2. The van der Waals surface area contributed by atoms with Crippen molar-refractivity contribution in [2.24, 2.45) is 0 Å². The van der Waals surface area contributed by atoms with Crippen molar-refractivity contribution >= 4 is 28.1 Å². The summed E-state index contributed by atoms with van der Waals surface area (Å²) >= 11 is 0. The van der Waals surface area contributed by atoms with Gasteiger partial charge in [-0.1, -0.05) is 24.8 Å². The molecule has 0 aliphatic rings. The van der Waals surface area contributed by atoms with Crippen LogP contribution in [0.25, 0.3) is 5.52 Å². The van der Waals surface area contributed by atoms with E-state index < -0.39 is 11.0 Å². The van der Waals surface area contributed by atoms with E-state index in [1.54, 1.807) is 22.7 Å². The second kappa shape index (κ2) is 7.04. The molecule has 0 bridgehead atoms. The van der Waals surface area contributed by atoms with Gasteiger partial charge in [0.1, 0.15) is 28.6 Å². The number of allylic oxidation sites excluding steroid dienone is 4. The second-order valence-corrected chi connectivity index (χ2v) is 5.85. The number of aromatic nitrogens is 3. The van der Waals surface area contributed by atoms with Crippen molar-refractivity contribution in [3.05, 3.63) is 54.4 Å². The van der Waals surface area contributed by atoms with Gasteiger partial charge in [0.05, 0.1) is 5.75 Å². The van der Waals surface area contributed by atoms with E-state index in [0.717, 1.165) is 11.1 Å². The minimum Gasteiger partial charge on any atom is -0.384 e. The van der Waals surface area contributed by atoms with Gasteiger partial charge in [0.2, 0.25) is 0 Å². The Bertz CT molecular complexity index is 775. The standard InChI is InChI=1S/C15H19N5OS/c1-4-6-11(3)12(5-2)9-22(21)19-15-13-7-8-14(16)20(13)18-10-17-15/h4-8,10H,2,9,16H2,1,3H3,(H,17,18,19)/b6-4-,12-11+. The van der Waals surface area contributed by atoms with Gasteiger partial charge >= 0.3 is 0 Å². The van der Waals surface area contributed by atoms with E-state index in [0.29, 0.717) is 22.9 Å². The summed E-state index contributed by atoms with van der Waals surface area (Å²) in [4.78, 5) is 4.13. The molecule has 1 atom stereocenters. The molecule has 0 fully saturated rings. The van der Waals surface area contributed by atoms with E-state index >= 15 is 0 Å². The van der Waals surface area contributed by atoms with Crippen molar-refractivity contribution in [3.63, 3.8) is 0 Å². The third kappa shape index (κ3) is 3.43. The molecule has 6 nitrogen and oxygen atoms in total. The first-order chi connectivity index (χ1) is 10.6. The second-order valence-electron chi connectivity index (χ2n) is 4.67. The Balaban J connectivity index is 2.21. The lowest BCUT2D eigenvalue weighted by Crippen LogP contribution is -2.13. The highest BCUT2D eigenvalue weighted by molar-refractivity contribution is 7.86. The van der Waals surface area contributed by atoms with Gasteiger partial charge in [0.25, 0.3) is 0 Å². The predicted octanol–water partition coefficient (Wildman–Crippen LogP) is 2.47. The minimum absolute atomic E-state index is 0.339. The first kappa shape index (κ1) is 16.0. The van der Waals surface area contributed by atoms with E-state index in [2.05, 4.69) is 21.4 Å². The van der Waals surface area contributed by atoms with Gasteiger partial charge < -0.3 is 5.73 Å². The van der Waals surface area contributed by atoms with Gasteiger partial charge in [0.15, 0.2) is 5.82 Å². The van der Waals surface area contributed by atoms with Crippen LogP contribution in [-0.2, 0) is 11.0 Å². The van der Waals surface area contributed by atoms with Crippen LogP contribution in [0.2, 0.25) is 0 Å². The summed E-state index contributed by atoms with van der Waals surface area (Å²) in [5, 5.41) is 4.05. The van der Waals surface area contributed by atoms with E-state index in [1.807, 2.05) is 26.0 Å². The summed E-state index contributed by atoms with van der Waals surface area (Å²) in [6, 6.07) is 3.51. The molecule has 0 amide bonds. The van der Waals surface area contributed by atoms with Crippen LogP contribution in [0.3, 0.4) is 0 Å². The van der Waals surface area contributed by atoms with Crippen molar-refractivity contribution in [2.45, 2.75) is 13.8 Å². The third-order valence-corrected chi connectivity index (χ3v) is 4.14. The number of fused-ring (bicyclic) bond motifs is 1. The monoisotopic (exact) mass is 317 g/mol. The summed E-state index contributed by atoms with van der Waals surface area (Å²) in [5.41, 5.74) is 8.43. The highest BCUT2D eigenvalue weighted by Gasteiger charge is 2.10. The van der Waals surface area contributed by atoms with Crippen LogP contribution in [0.15, 0.2) is 54.4 Å². The molecular formula is C15H19N5OS. The quantitative estimate of drug-likeness (QED) is 0.801. The fraction of sp³-hybridized carbons (Fsp3) is 0.200. The largest absolute Gasteiger partial charge is 0.384 e. The van der Waals surface area contributed by atoms with Gasteiger partial charge in [-0.25, -0.2) is 13.7 Å². The molecule has 116 valence electrons. The molecule has 3 N–H and O–H groups in total. The lowest BCUT2D eigenvalue weighted by molar-refractivity contribution is 0.687. The zero-order valence-electron chi connectivity index (χ0n) is 12.6. The third-order valence-electron chi connectivity index (χ3n) is 3.15. The van der Waals surface area contributed by atoms with Crippen molar-refractivity contribution in [2.75, 3.05) is 16.2 Å².